The van der Waals surface area contributed by atoms with Crippen molar-refractivity contribution in [1.82, 2.24) is 40.2 Å². The first-order chi connectivity index (χ1) is 19.0. The highest BCUT2D eigenvalue weighted by Crippen LogP contribution is 2.29. The van der Waals surface area contributed by atoms with Crippen LogP contribution in [0.15, 0.2) is 62.7 Å². The lowest BCUT2D eigenvalue weighted by Gasteiger charge is -2.06. The van der Waals surface area contributed by atoms with E-state index >= 15 is 0 Å². The van der Waals surface area contributed by atoms with Gasteiger partial charge in [0, 0.05) is 42.3 Å². The second kappa shape index (κ2) is 13.3. The maximum atomic E-state index is 14.4. The zero-order chi connectivity index (χ0) is 28.5. The number of hydrogen-bond acceptors (Lipinski definition) is 5. The van der Waals surface area contributed by atoms with Gasteiger partial charge in [-0.2, -0.15) is 10.2 Å². The molecule has 5 rings (SSSR count). The molecule has 0 saturated heterocycles. The molecule has 1 aromatic carbocycles. The van der Waals surface area contributed by atoms with Crippen LogP contribution in [0.4, 0.5) is 4.39 Å². The number of imidazole rings is 1. The van der Waals surface area contributed by atoms with Gasteiger partial charge < -0.3 is 10.3 Å². The minimum absolute atomic E-state index is 0.304. The molecule has 39 heavy (non-hydrogen) atoms. The Morgan fingerprint density at radius 2 is 1.92 bits per heavy atom. The fourth-order valence-electron chi connectivity index (χ4n) is 4.12. The van der Waals surface area contributed by atoms with E-state index in [-0.39, 0.29) is 5.82 Å². The number of aryl methyl sites for hydroxylation is 1. The number of aromatic nitrogens is 7. The Hall–Kier alpha value is -4.63. The molecule has 0 amide bonds. The molecule has 5 aromatic rings. The summed E-state index contributed by atoms with van der Waals surface area (Å²) in [4.78, 5) is 12.6. The van der Waals surface area contributed by atoms with Crippen LogP contribution >= 0.6 is 0 Å². The average Bonchev–Trinajstić information content (AvgIpc) is 3.68. The van der Waals surface area contributed by atoms with Crippen LogP contribution in [0.1, 0.15) is 31.9 Å². The Labute approximate surface area is 227 Å². The number of hydrogen-bond donors (Lipinski definition) is 3. The van der Waals surface area contributed by atoms with Gasteiger partial charge in [0.15, 0.2) is 5.82 Å². The van der Waals surface area contributed by atoms with E-state index in [0.29, 0.717) is 29.1 Å². The van der Waals surface area contributed by atoms with Gasteiger partial charge in [-0.05, 0) is 54.9 Å². The van der Waals surface area contributed by atoms with Crippen molar-refractivity contribution in [1.29, 1.82) is 0 Å². The molecule has 9 heteroatoms. The van der Waals surface area contributed by atoms with E-state index in [1.165, 1.54) is 12.1 Å². The molecule has 4 heterocycles. The van der Waals surface area contributed by atoms with Gasteiger partial charge >= 0.3 is 0 Å². The molecule has 0 atom stereocenters. The molecular formula is C30H35FN8. The molecule has 0 spiro atoms. The molecule has 3 N–H and O–H groups in total. The fraction of sp³-hybridized carbons (Fsp3) is 0.200. The largest absolute Gasteiger partial charge is 0.335 e. The number of aromatic amines is 2. The van der Waals surface area contributed by atoms with Crippen LogP contribution in [-0.4, -0.2) is 42.0 Å². The van der Waals surface area contributed by atoms with Crippen LogP contribution in [0.25, 0.3) is 51.4 Å². The Morgan fingerprint density at radius 1 is 1.15 bits per heavy atom. The van der Waals surface area contributed by atoms with Gasteiger partial charge in [-0.1, -0.05) is 26.5 Å². The first-order valence-electron chi connectivity index (χ1n) is 12.7. The van der Waals surface area contributed by atoms with E-state index in [9.17, 15) is 4.39 Å². The predicted octanol–water partition coefficient (Wildman–Crippen LogP) is 4.73. The van der Waals surface area contributed by atoms with Gasteiger partial charge in [0.1, 0.15) is 11.5 Å². The second-order valence-corrected chi connectivity index (χ2v) is 8.31. The summed E-state index contributed by atoms with van der Waals surface area (Å²) in [6, 6.07) is 4.97. The van der Waals surface area contributed by atoms with Crippen LogP contribution in [-0.2, 0) is 13.6 Å². The Morgan fingerprint density at radius 3 is 2.59 bits per heavy atom. The van der Waals surface area contributed by atoms with E-state index in [1.807, 2.05) is 59.3 Å². The maximum absolute atomic E-state index is 14.4. The molecule has 0 aliphatic heterocycles. The van der Waals surface area contributed by atoms with E-state index in [0.717, 1.165) is 38.3 Å². The summed E-state index contributed by atoms with van der Waals surface area (Å²) < 4.78 is 16.1. The second-order valence-electron chi connectivity index (χ2n) is 8.31. The summed E-state index contributed by atoms with van der Waals surface area (Å²) in [6.45, 7) is 16.7. The van der Waals surface area contributed by atoms with Crippen molar-refractivity contribution in [3.05, 3.63) is 90.2 Å². The quantitative estimate of drug-likeness (QED) is 0.278. The SMILES string of the molecule is C=C.C=C(/C=c1/c(-c2nc3c(-c4cc(F)cc(CNC)c4)cncc3[nH]2)n[nH]/c1=C/C)c1cnn(C)c1.CC. The van der Waals surface area contributed by atoms with Gasteiger partial charge in [-0.15, -0.1) is 13.2 Å². The Balaban J connectivity index is 0.00000100. The number of H-pyrrole nitrogens is 2. The summed E-state index contributed by atoms with van der Waals surface area (Å²) in [6.07, 6.45) is 11.0. The minimum Gasteiger partial charge on any atom is -0.335 e. The van der Waals surface area contributed by atoms with Crippen molar-refractivity contribution in [2.45, 2.75) is 27.3 Å². The average molecular weight is 527 g/mol. The molecule has 202 valence electrons. The summed E-state index contributed by atoms with van der Waals surface area (Å²) in [5, 5.41) is 16.6. The lowest BCUT2D eigenvalue weighted by molar-refractivity contribution is 0.624. The standard InChI is InChI=1S/C26H25FN8.C2H6.C2H4/c1-5-22-20(6-15(2)18-11-30-35(4)14-18)25(34-33-22)26-31-23-13-29-12-21(24(23)32-26)17-7-16(10-28-3)8-19(27)9-17;2*1-2/h5-9,11-14,28,33H,2,10H2,1,3-4H3,(H,31,32);1-2H3;1-2H2/b20-6+,22-5+;;. The highest BCUT2D eigenvalue weighted by molar-refractivity contribution is 5.93. The van der Waals surface area contributed by atoms with Gasteiger partial charge in [0.05, 0.1) is 28.8 Å². The number of nitrogens with one attached hydrogen (secondary N) is 3. The molecule has 0 radical (unpaired) electrons. The van der Waals surface area contributed by atoms with Crippen LogP contribution in [0, 0.1) is 5.82 Å². The van der Waals surface area contributed by atoms with Crippen molar-refractivity contribution in [3.63, 3.8) is 0 Å². The van der Waals surface area contributed by atoms with Crippen molar-refractivity contribution < 1.29 is 4.39 Å². The zero-order valence-corrected chi connectivity index (χ0v) is 23.1. The number of fused-ring (bicyclic) bond motifs is 1. The number of nitrogens with zero attached hydrogens (tertiary/aromatic N) is 5. The van der Waals surface area contributed by atoms with Gasteiger partial charge in [-0.25, -0.2) is 9.37 Å². The number of allylic oxidation sites excluding steroid dienone is 1. The third-order valence-corrected chi connectivity index (χ3v) is 5.78. The van der Waals surface area contributed by atoms with Crippen LogP contribution < -0.4 is 15.9 Å². The molecule has 0 fully saturated rings. The monoisotopic (exact) mass is 526 g/mol. The smallest absolute Gasteiger partial charge is 0.159 e. The Kier molecular flexibility index (Phi) is 9.83. The van der Waals surface area contributed by atoms with Crippen LogP contribution in [0.2, 0.25) is 0 Å². The number of benzene rings is 1. The van der Waals surface area contributed by atoms with Crippen LogP contribution in [0.3, 0.4) is 0 Å². The normalized spacial score (nSPS) is 11.6. The molecule has 0 aliphatic carbocycles. The number of rotatable bonds is 6. The summed E-state index contributed by atoms with van der Waals surface area (Å²) >= 11 is 0. The first-order valence-corrected chi connectivity index (χ1v) is 12.7. The molecular weight excluding hydrogens is 491 g/mol. The fourth-order valence-corrected chi connectivity index (χ4v) is 4.12. The predicted molar refractivity (Wildman–Crippen MR) is 158 cm³/mol. The van der Waals surface area contributed by atoms with Crippen LogP contribution in [0.5, 0.6) is 0 Å². The highest BCUT2D eigenvalue weighted by atomic mass is 19.1. The topological polar surface area (TPSA) is 100 Å². The lowest BCUT2D eigenvalue weighted by Crippen LogP contribution is -2.23. The van der Waals surface area contributed by atoms with Gasteiger partial charge in [-0.3, -0.25) is 14.8 Å². The highest BCUT2D eigenvalue weighted by Gasteiger charge is 2.15. The van der Waals surface area contributed by atoms with Gasteiger partial charge in [0.25, 0.3) is 0 Å². The summed E-state index contributed by atoms with van der Waals surface area (Å²) in [5.41, 5.74) is 6.10. The van der Waals surface area contributed by atoms with E-state index in [4.69, 9.17) is 4.98 Å². The summed E-state index contributed by atoms with van der Waals surface area (Å²) in [5.74, 6) is 0.275. The molecule has 0 unspecified atom stereocenters. The number of pyridine rings is 1. The molecule has 0 saturated carbocycles. The van der Waals surface area contributed by atoms with Crippen molar-refractivity contribution >= 4 is 28.8 Å². The van der Waals surface area contributed by atoms with Crippen molar-refractivity contribution in [2.24, 2.45) is 7.05 Å². The maximum Gasteiger partial charge on any atom is 0.159 e. The molecule has 8 nitrogen and oxygen atoms in total. The minimum atomic E-state index is -0.304. The molecule has 0 bridgehead atoms. The third kappa shape index (κ3) is 6.27. The van der Waals surface area contributed by atoms with E-state index in [1.54, 1.807) is 23.3 Å². The number of halogens is 1. The first kappa shape index (κ1) is 28.9. The molecule has 4 aromatic heterocycles. The van der Waals surface area contributed by atoms with Gasteiger partial charge in [0.2, 0.25) is 0 Å². The van der Waals surface area contributed by atoms with Crippen molar-refractivity contribution in [3.8, 4) is 22.6 Å². The van der Waals surface area contributed by atoms with E-state index < -0.39 is 0 Å². The molecule has 0 aliphatic rings. The zero-order valence-electron chi connectivity index (χ0n) is 23.1. The van der Waals surface area contributed by atoms with Crippen molar-refractivity contribution in [2.75, 3.05) is 7.05 Å². The lowest BCUT2D eigenvalue weighted by atomic mass is 10.0. The third-order valence-electron chi connectivity index (χ3n) is 5.78. The van der Waals surface area contributed by atoms with E-state index in [2.05, 4.69) is 50.3 Å². The Bertz CT molecular complexity index is 1690. The summed E-state index contributed by atoms with van der Waals surface area (Å²) in [7, 11) is 3.70.